The molecule has 0 N–H and O–H groups in total. The van der Waals surface area contributed by atoms with E-state index in [1.165, 1.54) is 0 Å². The minimum Gasteiger partial charge on any atom is -0.494 e. The second kappa shape index (κ2) is 3.72. The lowest BCUT2D eigenvalue weighted by Crippen LogP contribution is -2.15. The van der Waals surface area contributed by atoms with Gasteiger partial charge < -0.3 is 4.74 Å². The van der Waals surface area contributed by atoms with Crippen molar-refractivity contribution in [1.82, 2.24) is 0 Å². The molecule has 1 aromatic carbocycles. The van der Waals surface area contributed by atoms with Gasteiger partial charge in [0.15, 0.2) is 0 Å². The van der Waals surface area contributed by atoms with Gasteiger partial charge in [0.2, 0.25) is 0 Å². The van der Waals surface area contributed by atoms with Crippen molar-refractivity contribution in [2.75, 3.05) is 6.61 Å². The number of hydrogen-bond acceptors (Lipinski definition) is 1. The Labute approximate surface area is 94.4 Å². The maximum atomic E-state index is 13.3. The number of hydrogen-bond donors (Lipinski definition) is 0. The highest BCUT2D eigenvalue weighted by molar-refractivity contribution is 5.43. The highest BCUT2D eigenvalue weighted by atomic mass is 19.3. The van der Waals surface area contributed by atoms with E-state index in [4.69, 9.17) is 4.74 Å². The Balaban J connectivity index is 2.22. The molecule has 0 heterocycles. The van der Waals surface area contributed by atoms with E-state index in [9.17, 15) is 8.78 Å². The van der Waals surface area contributed by atoms with Gasteiger partial charge in [-0.3, -0.25) is 0 Å². The van der Waals surface area contributed by atoms with Crippen LogP contribution in [0.5, 0.6) is 5.75 Å². The molecule has 0 saturated heterocycles. The van der Waals surface area contributed by atoms with Crippen molar-refractivity contribution in [2.24, 2.45) is 0 Å². The quantitative estimate of drug-likeness (QED) is 0.761. The normalized spacial score (nSPS) is 26.5. The lowest BCUT2D eigenvalue weighted by molar-refractivity contribution is 0.0949. The van der Waals surface area contributed by atoms with Gasteiger partial charge >= 0.3 is 0 Å². The summed E-state index contributed by atoms with van der Waals surface area (Å²) in [5, 5.41) is 0. The minimum absolute atomic E-state index is 0.0789. The SMILES string of the molecule is C[CH]C1(c2ccc(OCC)cc2)CC1(F)F. The zero-order chi connectivity index (χ0) is 11.8. The molecule has 0 spiro atoms. The maximum absolute atomic E-state index is 13.3. The van der Waals surface area contributed by atoms with Crippen LogP contribution in [-0.4, -0.2) is 12.5 Å². The molecule has 1 aliphatic rings. The van der Waals surface area contributed by atoms with Crippen LogP contribution in [0.2, 0.25) is 0 Å². The Kier molecular flexibility index (Phi) is 2.64. The fraction of sp³-hybridized carbons (Fsp3) is 0.462. The van der Waals surface area contributed by atoms with Gasteiger partial charge in [-0.2, -0.15) is 0 Å². The molecule has 2 rings (SSSR count). The van der Waals surface area contributed by atoms with Crippen molar-refractivity contribution >= 4 is 0 Å². The molecular formula is C13H15F2O. The third-order valence-electron chi connectivity index (χ3n) is 3.20. The highest BCUT2D eigenvalue weighted by Crippen LogP contribution is 2.63. The smallest absolute Gasteiger partial charge is 0.259 e. The first-order chi connectivity index (χ1) is 7.55. The van der Waals surface area contributed by atoms with Gasteiger partial charge in [-0.05, 0) is 31.0 Å². The minimum atomic E-state index is -2.59. The van der Waals surface area contributed by atoms with E-state index in [1.807, 2.05) is 6.92 Å². The lowest BCUT2D eigenvalue weighted by Gasteiger charge is -2.14. The van der Waals surface area contributed by atoms with Crippen LogP contribution >= 0.6 is 0 Å². The number of alkyl halides is 2. The van der Waals surface area contributed by atoms with Crippen LogP contribution in [0.15, 0.2) is 24.3 Å². The second-order valence-electron chi connectivity index (χ2n) is 4.10. The summed E-state index contributed by atoms with van der Waals surface area (Å²) in [6.07, 6.45) is 1.52. The molecule has 1 radical (unpaired) electrons. The molecule has 16 heavy (non-hydrogen) atoms. The van der Waals surface area contributed by atoms with Gasteiger partial charge in [0, 0.05) is 6.42 Å². The van der Waals surface area contributed by atoms with Crippen molar-refractivity contribution in [3.63, 3.8) is 0 Å². The zero-order valence-corrected chi connectivity index (χ0v) is 9.47. The van der Waals surface area contributed by atoms with Crippen LogP contribution in [0, 0.1) is 6.42 Å². The topological polar surface area (TPSA) is 9.23 Å². The third kappa shape index (κ3) is 1.58. The predicted octanol–water partition coefficient (Wildman–Crippen LogP) is 3.59. The Morgan fingerprint density at radius 3 is 2.25 bits per heavy atom. The van der Waals surface area contributed by atoms with Crippen molar-refractivity contribution in [2.45, 2.75) is 31.6 Å². The Morgan fingerprint density at radius 1 is 1.31 bits per heavy atom. The monoisotopic (exact) mass is 225 g/mol. The summed E-state index contributed by atoms with van der Waals surface area (Å²) < 4.78 is 31.9. The Bertz CT molecular complexity index is 372. The van der Waals surface area contributed by atoms with Gasteiger partial charge in [-0.1, -0.05) is 19.1 Å². The fourth-order valence-electron chi connectivity index (χ4n) is 2.11. The molecule has 1 nitrogen and oxygen atoms in total. The largest absolute Gasteiger partial charge is 0.494 e. The van der Waals surface area contributed by atoms with Gasteiger partial charge in [-0.25, -0.2) is 8.78 Å². The summed E-state index contributed by atoms with van der Waals surface area (Å²) in [5.41, 5.74) is -0.374. The first-order valence-electron chi connectivity index (χ1n) is 5.47. The summed E-state index contributed by atoms with van der Waals surface area (Å²) in [7, 11) is 0. The summed E-state index contributed by atoms with van der Waals surface area (Å²) >= 11 is 0. The van der Waals surface area contributed by atoms with E-state index in [0.29, 0.717) is 12.2 Å². The highest BCUT2D eigenvalue weighted by Gasteiger charge is 2.70. The third-order valence-corrected chi connectivity index (χ3v) is 3.20. The van der Waals surface area contributed by atoms with E-state index in [-0.39, 0.29) is 6.42 Å². The maximum Gasteiger partial charge on any atom is 0.259 e. The molecule has 1 unspecified atom stereocenters. The van der Waals surface area contributed by atoms with Crippen LogP contribution in [0.25, 0.3) is 0 Å². The van der Waals surface area contributed by atoms with Gasteiger partial charge in [-0.15, -0.1) is 0 Å². The van der Waals surface area contributed by atoms with Gasteiger partial charge in [0.25, 0.3) is 5.92 Å². The average Bonchev–Trinajstić information content (AvgIpc) is 2.84. The molecule has 0 bridgehead atoms. The molecule has 1 aromatic rings. The molecule has 3 heteroatoms. The first kappa shape index (κ1) is 11.4. The van der Waals surface area contributed by atoms with Gasteiger partial charge in [0.1, 0.15) is 5.75 Å². The molecule has 0 amide bonds. The summed E-state index contributed by atoms with van der Waals surface area (Å²) in [6.45, 7) is 4.17. The molecule has 0 aliphatic heterocycles. The van der Waals surface area contributed by atoms with E-state index in [0.717, 1.165) is 5.75 Å². The Morgan fingerprint density at radius 2 is 1.88 bits per heavy atom. The summed E-state index contributed by atoms with van der Waals surface area (Å²) in [4.78, 5) is 0. The van der Waals surface area contributed by atoms with E-state index < -0.39 is 11.3 Å². The summed E-state index contributed by atoms with van der Waals surface area (Å²) in [5.74, 6) is -1.86. The number of halogens is 2. The average molecular weight is 225 g/mol. The van der Waals surface area contributed by atoms with Crippen molar-refractivity contribution in [1.29, 1.82) is 0 Å². The standard InChI is InChI=1S/C13H15F2O/c1-3-12(9-13(12,14)15)10-5-7-11(8-6-10)16-4-2/h3,5-8H,4,9H2,1-2H3. The van der Waals surface area contributed by atoms with Crippen LogP contribution < -0.4 is 4.74 Å². The van der Waals surface area contributed by atoms with E-state index >= 15 is 0 Å². The number of ether oxygens (including phenoxy) is 1. The molecular weight excluding hydrogens is 210 g/mol. The van der Waals surface area contributed by atoms with Crippen LogP contribution in [0.3, 0.4) is 0 Å². The van der Waals surface area contributed by atoms with Gasteiger partial charge in [0.05, 0.1) is 12.0 Å². The van der Waals surface area contributed by atoms with Crippen molar-refractivity contribution in [3.05, 3.63) is 36.2 Å². The van der Waals surface area contributed by atoms with E-state index in [2.05, 4.69) is 0 Å². The molecule has 0 aromatic heterocycles. The van der Waals surface area contributed by atoms with Crippen LogP contribution in [0.4, 0.5) is 8.78 Å². The lowest BCUT2D eigenvalue weighted by atomic mass is 9.92. The number of benzene rings is 1. The van der Waals surface area contributed by atoms with E-state index in [1.54, 1.807) is 37.6 Å². The predicted molar refractivity (Wildman–Crippen MR) is 58.8 cm³/mol. The molecule has 1 atom stereocenters. The molecule has 1 fully saturated rings. The first-order valence-corrected chi connectivity index (χ1v) is 5.47. The number of rotatable bonds is 4. The Hall–Kier alpha value is -1.12. The fourth-order valence-corrected chi connectivity index (χ4v) is 2.11. The zero-order valence-electron chi connectivity index (χ0n) is 9.47. The van der Waals surface area contributed by atoms with Crippen molar-refractivity contribution < 1.29 is 13.5 Å². The summed E-state index contributed by atoms with van der Waals surface area (Å²) in [6, 6.07) is 6.95. The van der Waals surface area contributed by atoms with Crippen LogP contribution in [-0.2, 0) is 5.41 Å². The molecule has 1 aliphatic carbocycles. The van der Waals surface area contributed by atoms with Crippen molar-refractivity contribution in [3.8, 4) is 5.75 Å². The second-order valence-corrected chi connectivity index (χ2v) is 4.10. The van der Waals surface area contributed by atoms with Crippen LogP contribution in [0.1, 0.15) is 25.8 Å². The molecule has 87 valence electrons. The molecule has 1 saturated carbocycles.